The average molecular weight is 453 g/mol. The molecule has 2 amide bonds. The number of ether oxygens (including phenoxy) is 1. The summed E-state index contributed by atoms with van der Waals surface area (Å²) in [6, 6.07) is 10.6. The molecule has 4 rings (SSSR count). The van der Waals surface area contributed by atoms with Crippen LogP contribution in [0.1, 0.15) is 42.8 Å². The van der Waals surface area contributed by atoms with Crippen molar-refractivity contribution in [2.75, 3.05) is 13.7 Å². The van der Waals surface area contributed by atoms with Crippen LogP contribution in [0.2, 0.25) is 0 Å². The van der Waals surface area contributed by atoms with Crippen molar-refractivity contribution in [1.29, 1.82) is 0 Å². The van der Waals surface area contributed by atoms with E-state index >= 15 is 0 Å². The van der Waals surface area contributed by atoms with Gasteiger partial charge in [0.15, 0.2) is 0 Å². The number of imide groups is 1. The van der Waals surface area contributed by atoms with Crippen molar-refractivity contribution in [3.63, 3.8) is 0 Å². The van der Waals surface area contributed by atoms with Gasteiger partial charge < -0.3 is 10.1 Å². The molecule has 2 aromatic rings. The fraction of sp³-hybridized carbons (Fsp3) is 0.417. The summed E-state index contributed by atoms with van der Waals surface area (Å²) in [7, 11) is 1.69. The van der Waals surface area contributed by atoms with Crippen LogP contribution in [0.4, 0.5) is 4.79 Å². The maximum absolute atomic E-state index is 11.7. The van der Waals surface area contributed by atoms with Gasteiger partial charge in [0.25, 0.3) is 11.1 Å². The van der Waals surface area contributed by atoms with Crippen molar-refractivity contribution in [2.24, 2.45) is 5.92 Å². The summed E-state index contributed by atoms with van der Waals surface area (Å²) in [6.45, 7) is 0.982. The van der Waals surface area contributed by atoms with Gasteiger partial charge in [0, 0.05) is 18.7 Å². The fourth-order valence-electron chi connectivity index (χ4n) is 4.19. The normalized spacial score (nSPS) is 22.2. The minimum Gasteiger partial charge on any atom is -0.497 e. The van der Waals surface area contributed by atoms with Gasteiger partial charge in [0.05, 0.1) is 17.7 Å². The molecule has 8 heteroatoms. The summed E-state index contributed by atoms with van der Waals surface area (Å²) >= 11 is 0.905. The molecule has 1 aromatic carbocycles. The van der Waals surface area contributed by atoms with E-state index in [9.17, 15) is 9.59 Å². The van der Waals surface area contributed by atoms with E-state index in [-0.39, 0.29) is 11.1 Å². The maximum atomic E-state index is 11.7. The Bertz CT molecular complexity index is 985. The summed E-state index contributed by atoms with van der Waals surface area (Å²) in [5, 5.41) is 5.62. The zero-order valence-corrected chi connectivity index (χ0v) is 19.0. The van der Waals surface area contributed by atoms with Crippen molar-refractivity contribution < 1.29 is 14.3 Å². The molecule has 1 aromatic heterocycles. The molecular formula is C24H28N4O3S. The predicted molar refractivity (Wildman–Crippen MR) is 125 cm³/mol. The smallest absolute Gasteiger partial charge is 0.290 e. The molecule has 1 aliphatic heterocycles. The number of nitrogens with zero attached hydrogens (tertiary/aromatic N) is 2. The molecule has 32 heavy (non-hydrogen) atoms. The molecule has 0 atom stereocenters. The van der Waals surface area contributed by atoms with Crippen molar-refractivity contribution in [2.45, 2.75) is 44.6 Å². The molecule has 2 fully saturated rings. The van der Waals surface area contributed by atoms with Gasteiger partial charge in [-0.25, -0.2) is 9.97 Å². The number of carbonyl (C=O) groups is 2. The molecule has 1 saturated carbocycles. The third-order valence-electron chi connectivity index (χ3n) is 5.97. The van der Waals surface area contributed by atoms with Crippen LogP contribution in [-0.2, 0) is 17.6 Å². The highest BCUT2D eigenvalue weighted by atomic mass is 32.2. The lowest BCUT2D eigenvalue weighted by Crippen LogP contribution is -2.35. The monoisotopic (exact) mass is 452 g/mol. The summed E-state index contributed by atoms with van der Waals surface area (Å²) in [5.41, 5.74) is 1.98. The van der Waals surface area contributed by atoms with Crippen LogP contribution >= 0.6 is 11.8 Å². The highest BCUT2D eigenvalue weighted by Gasteiger charge is 2.25. The first-order valence-electron chi connectivity index (χ1n) is 11.0. The number of hydrogen-bond donors (Lipinski definition) is 2. The third-order valence-corrected chi connectivity index (χ3v) is 6.78. The highest BCUT2D eigenvalue weighted by Crippen LogP contribution is 2.28. The van der Waals surface area contributed by atoms with Crippen LogP contribution in [0.25, 0.3) is 6.08 Å². The highest BCUT2D eigenvalue weighted by molar-refractivity contribution is 8.18. The zero-order chi connectivity index (χ0) is 22.3. The molecule has 2 N–H and O–H groups in total. The Morgan fingerprint density at radius 2 is 1.94 bits per heavy atom. The van der Waals surface area contributed by atoms with Crippen LogP contribution in [0.3, 0.4) is 0 Å². The zero-order valence-electron chi connectivity index (χ0n) is 18.2. The number of hydrogen-bond acceptors (Lipinski definition) is 7. The lowest BCUT2D eigenvalue weighted by Gasteiger charge is -2.29. The standard InChI is InChI=1S/C24H28N4O3S/c1-31-20-8-4-16(5-9-20)10-12-25-18-6-2-17(3-7-18)14-22-26-13-11-19(27-22)15-21-23(29)28-24(30)32-21/h4-5,8-9,11,13,15,17-18,25H,2-3,6-7,10,12,14H2,1H3,(H,28,29,30)/b21-15-. The van der Waals surface area contributed by atoms with Gasteiger partial charge in [-0.05, 0) is 86.2 Å². The number of thioether (sulfide) groups is 1. The molecule has 1 saturated heterocycles. The first-order valence-corrected chi connectivity index (χ1v) is 11.8. The maximum Gasteiger partial charge on any atom is 0.290 e. The number of methoxy groups -OCH3 is 1. The van der Waals surface area contributed by atoms with Crippen molar-refractivity contribution in [3.8, 4) is 5.75 Å². The quantitative estimate of drug-likeness (QED) is 0.589. The second kappa shape index (κ2) is 10.7. The molecule has 0 spiro atoms. The van der Waals surface area contributed by atoms with E-state index in [1.54, 1.807) is 25.4 Å². The van der Waals surface area contributed by atoms with Crippen LogP contribution in [0, 0.1) is 5.92 Å². The largest absolute Gasteiger partial charge is 0.497 e. The van der Waals surface area contributed by atoms with E-state index in [2.05, 4.69) is 32.7 Å². The third kappa shape index (κ3) is 6.17. The molecule has 2 aliphatic rings. The van der Waals surface area contributed by atoms with Crippen molar-refractivity contribution in [1.82, 2.24) is 20.6 Å². The second-order valence-electron chi connectivity index (χ2n) is 8.22. The lowest BCUT2D eigenvalue weighted by molar-refractivity contribution is -0.115. The van der Waals surface area contributed by atoms with Gasteiger partial charge >= 0.3 is 0 Å². The van der Waals surface area contributed by atoms with Gasteiger partial charge in [0.2, 0.25) is 0 Å². The van der Waals surface area contributed by atoms with E-state index < -0.39 is 0 Å². The molecule has 0 radical (unpaired) electrons. The van der Waals surface area contributed by atoms with E-state index in [4.69, 9.17) is 4.74 Å². The SMILES string of the molecule is COc1ccc(CCNC2CCC(Cc3nccc(/C=C4\SC(=O)NC4=O)n3)CC2)cc1. The number of amides is 2. The Balaban J connectivity index is 1.21. The van der Waals surface area contributed by atoms with Crippen LogP contribution < -0.4 is 15.4 Å². The minimum atomic E-state index is -0.363. The fourth-order valence-corrected chi connectivity index (χ4v) is 4.86. The average Bonchev–Trinajstić information content (AvgIpc) is 3.12. The second-order valence-corrected chi connectivity index (χ2v) is 9.24. The Labute approximate surface area is 192 Å². The van der Waals surface area contributed by atoms with Crippen LogP contribution in [0.15, 0.2) is 41.4 Å². The molecule has 7 nitrogen and oxygen atoms in total. The van der Waals surface area contributed by atoms with Gasteiger partial charge in [-0.2, -0.15) is 0 Å². The number of benzene rings is 1. The first kappa shape index (κ1) is 22.5. The lowest BCUT2D eigenvalue weighted by atomic mass is 9.84. The van der Waals surface area contributed by atoms with Crippen LogP contribution in [0.5, 0.6) is 5.75 Å². The van der Waals surface area contributed by atoms with Gasteiger partial charge in [0.1, 0.15) is 11.6 Å². The molecule has 1 aliphatic carbocycles. The predicted octanol–water partition coefficient (Wildman–Crippen LogP) is 3.74. The summed E-state index contributed by atoms with van der Waals surface area (Å²) in [5.74, 6) is 1.90. The van der Waals surface area contributed by atoms with Gasteiger partial charge in [-0.15, -0.1) is 0 Å². The van der Waals surface area contributed by atoms with Crippen LogP contribution in [-0.4, -0.2) is 40.8 Å². The van der Waals surface area contributed by atoms with Crippen molar-refractivity contribution in [3.05, 3.63) is 58.5 Å². The van der Waals surface area contributed by atoms with E-state index in [0.717, 1.165) is 68.4 Å². The minimum absolute atomic E-state index is 0.343. The molecule has 0 bridgehead atoms. The summed E-state index contributed by atoms with van der Waals surface area (Å²) in [6.07, 6.45) is 9.87. The molecular weight excluding hydrogens is 424 g/mol. The number of rotatable bonds is 8. The molecule has 0 unspecified atom stereocenters. The topological polar surface area (TPSA) is 93.2 Å². The number of nitrogens with one attached hydrogen (secondary N) is 2. The van der Waals surface area contributed by atoms with E-state index in [0.29, 0.717) is 22.6 Å². The summed E-state index contributed by atoms with van der Waals surface area (Å²) in [4.78, 5) is 32.4. The molecule has 168 valence electrons. The van der Waals surface area contributed by atoms with E-state index in [1.807, 2.05) is 12.1 Å². The Hall–Kier alpha value is -2.71. The number of carbonyl (C=O) groups excluding carboxylic acids is 2. The van der Waals surface area contributed by atoms with Gasteiger partial charge in [-0.3, -0.25) is 14.9 Å². The Morgan fingerprint density at radius 1 is 1.16 bits per heavy atom. The first-order chi connectivity index (χ1) is 15.6. The van der Waals surface area contributed by atoms with Crippen molar-refractivity contribution >= 4 is 29.0 Å². The molecule has 2 heterocycles. The summed E-state index contributed by atoms with van der Waals surface area (Å²) < 4.78 is 5.21. The number of aromatic nitrogens is 2. The van der Waals surface area contributed by atoms with Gasteiger partial charge in [-0.1, -0.05) is 12.1 Å². The Kier molecular flexibility index (Phi) is 7.55. The van der Waals surface area contributed by atoms with E-state index in [1.165, 1.54) is 5.56 Å². The Morgan fingerprint density at radius 3 is 2.62 bits per heavy atom.